The molecule has 0 radical (unpaired) electrons. The van der Waals surface area contributed by atoms with Crippen LogP contribution < -0.4 is 4.90 Å². The molecular weight excluding hydrogens is 280 g/mol. The molecule has 2 heterocycles. The third kappa shape index (κ3) is 3.39. The Bertz CT molecular complexity index is 376. The van der Waals surface area contributed by atoms with Crippen molar-refractivity contribution < 1.29 is 0 Å². The first kappa shape index (κ1) is 12.8. The zero-order chi connectivity index (χ0) is 12.4. The zero-order valence-corrected chi connectivity index (χ0v) is 12.2. The van der Waals surface area contributed by atoms with Crippen LogP contribution in [0, 0.1) is 12.8 Å². The average molecular weight is 299 g/mol. The molecule has 0 bridgehead atoms. The van der Waals surface area contributed by atoms with E-state index in [0.29, 0.717) is 0 Å². The summed E-state index contributed by atoms with van der Waals surface area (Å²) < 4.78 is 0.857. The summed E-state index contributed by atoms with van der Waals surface area (Å²) in [7, 11) is 4.29. The summed E-state index contributed by atoms with van der Waals surface area (Å²) in [5.41, 5.74) is 0. The van der Waals surface area contributed by atoms with Crippen molar-refractivity contribution in [1.82, 2.24) is 14.9 Å². The van der Waals surface area contributed by atoms with E-state index in [0.717, 1.165) is 28.7 Å². The fourth-order valence-corrected chi connectivity index (χ4v) is 2.83. The van der Waals surface area contributed by atoms with Crippen molar-refractivity contribution in [2.45, 2.75) is 13.3 Å². The van der Waals surface area contributed by atoms with Crippen molar-refractivity contribution >= 4 is 21.7 Å². The van der Waals surface area contributed by atoms with Gasteiger partial charge >= 0.3 is 0 Å². The Morgan fingerprint density at radius 3 is 2.88 bits per heavy atom. The first-order valence-electron chi connectivity index (χ1n) is 5.95. The molecule has 17 heavy (non-hydrogen) atoms. The third-order valence-electron chi connectivity index (χ3n) is 3.21. The predicted octanol–water partition coefficient (Wildman–Crippen LogP) is 1.94. The number of rotatable bonds is 3. The van der Waals surface area contributed by atoms with Gasteiger partial charge in [-0.3, -0.25) is 0 Å². The largest absolute Gasteiger partial charge is 0.359 e. The Labute approximate surface area is 111 Å². The highest BCUT2D eigenvalue weighted by Gasteiger charge is 2.21. The van der Waals surface area contributed by atoms with E-state index in [-0.39, 0.29) is 0 Å². The quantitative estimate of drug-likeness (QED) is 0.798. The summed E-state index contributed by atoms with van der Waals surface area (Å²) in [6.07, 6.45) is 1.28. The third-order valence-corrected chi connectivity index (χ3v) is 3.61. The molecule has 0 aliphatic carbocycles. The van der Waals surface area contributed by atoms with Crippen molar-refractivity contribution in [2.24, 2.45) is 5.92 Å². The zero-order valence-electron chi connectivity index (χ0n) is 10.6. The van der Waals surface area contributed by atoms with Crippen LogP contribution in [0.5, 0.6) is 0 Å². The molecule has 5 heteroatoms. The maximum absolute atomic E-state index is 4.47. The molecule has 1 fully saturated rings. The maximum atomic E-state index is 4.47. The number of likely N-dealkylation sites (tertiary alicyclic amines) is 1. The number of aryl methyl sites for hydroxylation is 1. The molecular formula is C12H19BrN4. The van der Waals surface area contributed by atoms with Crippen LogP contribution in [-0.4, -0.2) is 48.6 Å². The Balaban J connectivity index is 2.01. The van der Waals surface area contributed by atoms with Gasteiger partial charge in [0, 0.05) is 26.2 Å². The lowest BCUT2D eigenvalue weighted by atomic mass is 10.1. The second-order valence-electron chi connectivity index (χ2n) is 4.89. The minimum atomic E-state index is 0.749. The maximum Gasteiger partial charge on any atom is 0.133 e. The molecule has 0 N–H and O–H groups in total. The lowest BCUT2D eigenvalue weighted by Crippen LogP contribution is -2.28. The highest BCUT2D eigenvalue weighted by Crippen LogP contribution is 2.20. The van der Waals surface area contributed by atoms with Crippen LogP contribution >= 0.6 is 15.9 Å². The first-order chi connectivity index (χ1) is 8.04. The van der Waals surface area contributed by atoms with E-state index in [1.165, 1.54) is 19.5 Å². The molecule has 2 rings (SSSR count). The van der Waals surface area contributed by atoms with Gasteiger partial charge in [-0.05, 0) is 48.8 Å². The average Bonchev–Trinajstić information content (AvgIpc) is 2.62. The summed E-state index contributed by atoms with van der Waals surface area (Å²) in [5, 5.41) is 0. The summed E-state index contributed by atoms with van der Waals surface area (Å²) in [4.78, 5) is 13.3. The summed E-state index contributed by atoms with van der Waals surface area (Å²) in [5.74, 6) is 2.56. The van der Waals surface area contributed by atoms with E-state index in [1.807, 2.05) is 13.0 Å². The molecule has 0 amide bonds. The smallest absolute Gasteiger partial charge is 0.133 e. The molecule has 0 spiro atoms. The Hall–Kier alpha value is -0.680. The van der Waals surface area contributed by atoms with E-state index in [9.17, 15) is 0 Å². The topological polar surface area (TPSA) is 32.3 Å². The van der Waals surface area contributed by atoms with Crippen LogP contribution in [0.4, 0.5) is 5.82 Å². The first-order valence-corrected chi connectivity index (χ1v) is 6.75. The molecule has 0 saturated carbocycles. The van der Waals surface area contributed by atoms with Crippen molar-refractivity contribution in [3.05, 3.63) is 16.5 Å². The van der Waals surface area contributed by atoms with Crippen molar-refractivity contribution in [3.8, 4) is 0 Å². The second-order valence-corrected chi connectivity index (χ2v) is 5.71. The molecule has 1 aromatic heterocycles. The fraction of sp³-hybridized carbons (Fsp3) is 0.667. The van der Waals surface area contributed by atoms with E-state index < -0.39 is 0 Å². The van der Waals surface area contributed by atoms with Gasteiger partial charge in [0.25, 0.3) is 0 Å². The van der Waals surface area contributed by atoms with Crippen LogP contribution in [0.1, 0.15) is 12.2 Å². The molecule has 1 unspecified atom stereocenters. The van der Waals surface area contributed by atoms with Gasteiger partial charge in [0.2, 0.25) is 0 Å². The normalized spacial score (nSPS) is 20.8. The fourth-order valence-electron chi connectivity index (χ4n) is 2.37. The van der Waals surface area contributed by atoms with Gasteiger partial charge in [-0.15, -0.1) is 0 Å². The van der Waals surface area contributed by atoms with Crippen LogP contribution in [0.3, 0.4) is 0 Å². The highest BCUT2D eigenvalue weighted by atomic mass is 79.9. The van der Waals surface area contributed by atoms with Gasteiger partial charge in [0.1, 0.15) is 16.2 Å². The predicted molar refractivity (Wildman–Crippen MR) is 73.3 cm³/mol. The van der Waals surface area contributed by atoms with E-state index in [2.05, 4.69) is 49.8 Å². The van der Waals surface area contributed by atoms with E-state index in [4.69, 9.17) is 0 Å². The molecule has 1 atom stereocenters. The Morgan fingerprint density at radius 2 is 2.29 bits per heavy atom. The van der Waals surface area contributed by atoms with Crippen LogP contribution in [0.15, 0.2) is 10.7 Å². The summed E-state index contributed by atoms with van der Waals surface area (Å²) in [6, 6.07) is 1.98. The van der Waals surface area contributed by atoms with E-state index >= 15 is 0 Å². The standard InChI is InChI=1S/C12H19BrN4/c1-9-14-11(13)6-12(15-9)17(3)8-10-4-5-16(2)7-10/h6,10H,4-5,7-8H2,1-3H3. The summed E-state index contributed by atoms with van der Waals surface area (Å²) in [6.45, 7) is 5.39. The van der Waals surface area contributed by atoms with Gasteiger partial charge in [-0.2, -0.15) is 0 Å². The number of hydrogen-bond donors (Lipinski definition) is 0. The number of aromatic nitrogens is 2. The number of halogens is 1. The van der Waals surface area contributed by atoms with Crippen LogP contribution in [0.2, 0.25) is 0 Å². The molecule has 4 nitrogen and oxygen atoms in total. The van der Waals surface area contributed by atoms with Gasteiger partial charge in [-0.1, -0.05) is 0 Å². The molecule has 1 aliphatic heterocycles. The van der Waals surface area contributed by atoms with Gasteiger partial charge in [-0.25, -0.2) is 9.97 Å². The second kappa shape index (κ2) is 5.31. The minimum absolute atomic E-state index is 0.749. The number of hydrogen-bond acceptors (Lipinski definition) is 4. The van der Waals surface area contributed by atoms with Crippen molar-refractivity contribution in [3.63, 3.8) is 0 Å². The van der Waals surface area contributed by atoms with Crippen LogP contribution in [0.25, 0.3) is 0 Å². The number of nitrogens with zero attached hydrogens (tertiary/aromatic N) is 4. The lowest BCUT2D eigenvalue weighted by molar-refractivity contribution is 0.395. The SMILES string of the molecule is Cc1nc(Br)cc(N(C)CC2CCN(C)C2)n1. The van der Waals surface area contributed by atoms with Crippen LogP contribution in [-0.2, 0) is 0 Å². The molecule has 1 saturated heterocycles. The van der Waals surface area contributed by atoms with Crippen molar-refractivity contribution in [2.75, 3.05) is 38.6 Å². The Kier molecular flexibility index (Phi) is 3.99. The van der Waals surface area contributed by atoms with Crippen molar-refractivity contribution in [1.29, 1.82) is 0 Å². The van der Waals surface area contributed by atoms with Gasteiger partial charge < -0.3 is 9.80 Å². The van der Waals surface area contributed by atoms with Gasteiger partial charge in [0.15, 0.2) is 0 Å². The molecule has 1 aromatic rings. The number of anilines is 1. The molecule has 0 aromatic carbocycles. The molecule has 94 valence electrons. The van der Waals surface area contributed by atoms with E-state index in [1.54, 1.807) is 0 Å². The molecule has 1 aliphatic rings. The minimum Gasteiger partial charge on any atom is -0.359 e. The lowest BCUT2D eigenvalue weighted by Gasteiger charge is -2.22. The monoisotopic (exact) mass is 298 g/mol. The van der Waals surface area contributed by atoms with Gasteiger partial charge in [0.05, 0.1) is 0 Å². The highest BCUT2D eigenvalue weighted by molar-refractivity contribution is 9.10. The summed E-state index contributed by atoms with van der Waals surface area (Å²) >= 11 is 3.42. The Morgan fingerprint density at radius 1 is 1.53 bits per heavy atom.